The van der Waals surface area contributed by atoms with Gasteiger partial charge in [-0.25, -0.2) is 0 Å². The highest BCUT2D eigenvalue weighted by atomic mass is 16.3. The van der Waals surface area contributed by atoms with Crippen LogP contribution in [0, 0.1) is 0 Å². The highest BCUT2D eigenvalue weighted by Gasteiger charge is 2.12. The highest BCUT2D eigenvalue weighted by Crippen LogP contribution is 2.22. The first-order valence-corrected chi connectivity index (χ1v) is 5.39. The molecule has 0 fully saturated rings. The van der Waals surface area contributed by atoms with Gasteiger partial charge in [0, 0.05) is 0 Å². The van der Waals surface area contributed by atoms with Crippen molar-refractivity contribution >= 4 is 0 Å². The standard InChI is InChI=1S/C11H23O/c1-4-7-10-11(12,8-5-2)9-6-3/h4-10H2,1-3H3/q-1. The Kier molecular flexibility index (Phi) is 6.45. The third-order valence-electron chi connectivity index (χ3n) is 2.40. The molecule has 0 spiro atoms. The van der Waals surface area contributed by atoms with E-state index in [0.29, 0.717) is 0 Å². The molecule has 0 aliphatic heterocycles. The molecule has 0 saturated heterocycles. The summed E-state index contributed by atoms with van der Waals surface area (Å²) in [6, 6.07) is 0. The molecule has 1 heteroatoms. The van der Waals surface area contributed by atoms with E-state index in [1.54, 1.807) is 0 Å². The zero-order valence-corrected chi connectivity index (χ0v) is 8.86. The minimum Gasteiger partial charge on any atom is -0.849 e. The number of hydrogen-bond acceptors (Lipinski definition) is 1. The minimum absolute atomic E-state index is 0.598. The van der Waals surface area contributed by atoms with Gasteiger partial charge in [0.1, 0.15) is 0 Å². The summed E-state index contributed by atoms with van der Waals surface area (Å²) in [5, 5.41) is 12.1. The molecule has 74 valence electrons. The summed E-state index contributed by atoms with van der Waals surface area (Å²) < 4.78 is 0. The zero-order valence-electron chi connectivity index (χ0n) is 8.86. The molecular weight excluding hydrogens is 148 g/mol. The summed E-state index contributed by atoms with van der Waals surface area (Å²) in [5.41, 5.74) is -0.598. The summed E-state index contributed by atoms with van der Waals surface area (Å²) >= 11 is 0. The smallest absolute Gasteiger partial charge is 0.0543 e. The van der Waals surface area contributed by atoms with Crippen LogP contribution in [0.3, 0.4) is 0 Å². The van der Waals surface area contributed by atoms with E-state index in [1.165, 1.54) is 0 Å². The predicted octanol–water partition coefficient (Wildman–Crippen LogP) is 2.88. The number of unbranched alkanes of at least 4 members (excludes halogenated alkanes) is 1. The van der Waals surface area contributed by atoms with Gasteiger partial charge in [-0.1, -0.05) is 65.7 Å². The van der Waals surface area contributed by atoms with Gasteiger partial charge in [-0.3, -0.25) is 0 Å². The van der Waals surface area contributed by atoms with Crippen LogP contribution in [0.2, 0.25) is 0 Å². The predicted molar refractivity (Wildman–Crippen MR) is 52.1 cm³/mol. The summed E-state index contributed by atoms with van der Waals surface area (Å²) in [6.45, 7) is 6.36. The molecule has 0 bridgehead atoms. The Bertz CT molecular complexity index is 93.2. The van der Waals surface area contributed by atoms with Crippen molar-refractivity contribution in [2.75, 3.05) is 0 Å². The zero-order chi connectivity index (χ0) is 9.45. The van der Waals surface area contributed by atoms with Gasteiger partial charge in [-0.2, -0.15) is 0 Å². The first-order chi connectivity index (χ1) is 5.68. The Balaban J connectivity index is 3.80. The highest BCUT2D eigenvalue weighted by molar-refractivity contribution is 4.75. The van der Waals surface area contributed by atoms with Crippen molar-refractivity contribution in [2.24, 2.45) is 0 Å². The normalized spacial score (nSPS) is 12.0. The van der Waals surface area contributed by atoms with Gasteiger partial charge >= 0.3 is 0 Å². The summed E-state index contributed by atoms with van der Waals surface area (Å²) in [5.74, 6) is 0. The second-order valence-electron chi connectivity index (χ2n) is 3.79. The second-order valence-corrected chi connectivity index (χ2v) is 3.79. The molecule has 0 N–H and O–H groups in total. The van der Waals surface area contributed by atoms with Crippen molar-refractivity contribution < 1.29 is 5.11 Å². The molecule has 0 atom stereocenters. The number of rotatable bonds is 7. The van der Waals surface area contributed by atoms with E-state index in [1.807, 2.05) is 0 Å². The fourth-order valence-electron chi connectivity index (χ4n) is 1.79. The Morgan fingerprint density at radius 1 is 0.833 bits per heavy atom. The monoisotopic (exact) mass is 171 g/mol. The quantitative estimate of drug-likeness (QED) is 0.577. The molecule has 0 aromatic heterocycles. The Morgan fingerprint density at radius 3 is 1.67 bits per heavy atom. The average molecular weight is 171 g/mol. The summed E-state index contributed by atoms with van der Waals surface area (Å²) in [4.78, 5) is 0. The van der Waals surface area contributed by atoms with E-state index in [-0.39, 0.29) is 0 Å². The number of hydrogen-bond donors (Lipinski definition) is 0. The van der Waals surface area contributed by atoms with Crippen molar-refractivity contribution in [2.45, 2.75) is 71.3 Å². The van der Waals surface area contributed by atoms with Crippen LogP contribution < -0.4 is 5.11 Å². The Hall–Kier alpha value is -0.0400. The van der Waals surface area contributed by atoms with E-state index < -0.39 is 5.60 Å². The van der Waals surface area contributed by atoms with Gasteiger partial charge in [-0.15, -0.1) is 5.60 Å². The largest absolute Gasteiger partial charge is 0.849 e. The fourth-order valence-corrected chi connectivity index (χ4v) is 1.79. The van der Waals surface area contributed by atoms with Crippen molar-refractivity contribution in [1.29, 1.82) is 0 Å². The molecule has 0 aliphatic rings. The lowest BCUT2D eigenvalue weighted by molar-refractivity contribution is -0.483. The van der Waals surface area contributed by atoms with Crippen LogP contribution in [-0.4, -0.2) is 5.60 Å². The molecule has 0 unspecified atom stereocenters. The summed E-state index contributed by atoms with van der Waals surface area (Å²) in [6.07, 6.45) is 6.92. The molecule has 0 heterocycles. The van der Waals surface area contributed by atoms with Crippen molar-refractivity contribution in [1.82, 2.24) is 0 Å². The van der Waals surface area contributed by atoms with Crippen molar-refractivity contribution in [3.8, 4) is 0 Å². The third-order valence-corrected chi connectivity index (χ3v) is 2.40. The van der Waals surface area contributed by atoms with Crippen LogP contribution in [0.4, 0.5) is 0 Å². The first kappa shape index (κ1) is 12.0. The molecule has 1 nitrogen and oxygen atoms in total. The average Bonchev–Trinajstić information content (AvgIpc) is 2.02. The lowest BCUT2D eigenvalue weighted by Crippen LogP contribution is -2.43. The van der Waals surface area contributed by atoms with Gasteiger partial charge < -0.3 is 5.11 Å². The fraction of sp³-hybridized carbons (Fsp3) is 1.00. The molecule has 0 aromatic rings. The molecular formula is C11H23O-. The van der Waals surface area contributed by atoms with E-state index in [4.69, 9.17) is 0 Å². The van der Waals surface area contributed by atoms with Gasteiger partial charge in [0.2, 0.25) is 0 Å². The van der Waals surface area contributed by atoms with E-state index in [0.717, 1.165) is 44.9 Å². The van der Waals surface area contributed by atoms with Crippen LogP contribution in [0.15, 0.2) is 0 Å². The van der Waals surface area contributed by atoms with Crippen molar-refractivity contribution in [3.63, 3.8) is 0 Å². The molecule has 12 heavy (non-hydrogen) atoms. The van der Waals surface area contributed by atoms with E-state index in [2.05, 4.69) is 20.8 Å². The molecule has 0 aromatic carbocycles. The van der Waals surface area contributed by atoms with Crippen LogP contribution in [0.1, 0.15) is 65.7 Å². The van der Waals surface area contributed by atoms with Gasteiger partial charge in [0.25, 0.3) is 0 Å². The SMILES string of the molecule is CCCCC([O-])(CCC)CCC. The van der Waals surface area contributed by atoms with Crippen LogP contribution in [0.5, 0.6) is 0 Å². The lowest BCUT2D eigenvalue weighted by Gasteiger charge is -2.41. The van der Waals surface area contributed by atoms with E-state index in [9.17, 15) is 5.11 Å². The third kappa shape index (κ3) is 4.76. The Labute approximate surface area is 77.2 Å². The summed E-state index contributed by atoms with van der Waals surface area (Å²) in [7, 11) is 0. The molecule has 0 rings (SSSR count). The molecule has 0 saturated carbocycles. The maximum Gasteiger partial charge on any atom is -0.0543 e. The molecule has 0 amide bonds. The molecule has 0 aliphatic carbocycles. The van der Waals surface area contributed by atoms with E-state index >= 15 is 0 Å². The van der Waals surface area contributed by atoms with Gasteiger partial charge in [0.05, 0.1) is 0 Å². The van der Waals surface area contributed by atoms with Crippen LogP contribution >= 0.6 is 0 Å². The maximum absolute atomic E-state index is 12.1. The van der Waals surface area contributed by atoms with Crippen LogP contribution in [0.25, 0.3) is 0 Å². The minimum atomic E-state index is -0.598. The van der Waals surface area contributed by atoms with Crippen LogP contribution in [-0.2, 0) is 0 Å². The topological polar surface area (TPSA) is 23.1 Å². The lowest BCUT2D eigenvalue weighted by atomic mass is 9.88. The Morgan fingerprint density at radius 2 is 1.33 bits per heavy atom. The first-order valence-electron chi connectivity index (χ1n) is 5.39. The van der Waals surface area contributed by atoms with Crippen molar-refractivity contribution in [3.05, 3.63) is 0 Å². The maximum atomic E-state index is 12.1. The molecule has 0 radical (unpaired) electrons. The second kappa shape index (κ2) is 6.47. The van der Waals surface area contributed by atoms with Gasteiger partial charge in [-0.05, 0) is 0 Å². The van der Waals surface area contributed by atoms with Gasteiger partial charge in [0.15, 0.2) is 0 Å².